The van der Waals surface area contributed by atoms with Crippen molar-refractivity contribution >= 4 is 11.9 Å². The topological polar surface area (TPSA) is 96.0 Å². The highest BCUT2D eigenvalue weighted by atomic mass is 16.5. The minimum atomic E-state index is -0.316. The van der Waals surface area contributed by atoms with Crippen molar-refractivity contribution in [1.82, 2.24) is 9.80 Å². The Kier molecular flexibility index (Phi) is 14.9. The number of para-hydroxylation sites is 2. The number of carbonyl (C=O) groups excluding carboxylic acids is 2. The summed E-state index contributed by atoms with van der Waals surface area (Å²) in [6, 6.07) is 11.6. The number of hydrogen-bond acceptors (Lipinski definition) is 10. The second kappa shape index (κ2) is 18.6. The summed E-state index contributed by atoms with van der Waals surface area (Å²) in [5.41, 5.74) is 3.70. The maximum atomic E-state index is 12.7. The number of aryl methyl sites for hydroxylation is 4. The highest BCUT2D eigenvalue weighted by Crippen LogP contribution is 2.23. The lowest BCUT2D eigenvalue weighted by atomic mass is 10.1. The van der Waals surface area contributed by atoms with E-state index in [9.17, 15) is 9.59 Å². The molecule has 232 valence electrons. The number of benzene rings is 2. The van der Waals surface area contributed by atoms with Crippen molar-refractivity contribution in [2.45, 2.75) is 27.7 Å². The Morgan fingerprint density at radius 3 is 1.12 bits per heavy atom. The van der Waals surface area contributed by atoms with E-state index in [4.69, 9.17) is 28.4 Å². The molecule has 0 atom stereocenters. The fourth-order valence-electron chi connectivity index (χ4n) is 4.54. The molecule has 3 rings (SSSR count). The molecule has 0 unspecified atom stereocenters. The predicted molar refractivity (Wildman–Crippen MR) is 159 cm³/mol. The van der Waals surface area contributed by atoms with E-state index in [1.165, 1.54) is 0 Å². The highest BCUT2D eigenvalue weighted by molar-refractivity contribution is 5.75. The number of esters is 2. The van der Waals surface area contributed by atoms with E-state index in [-0.39, 0.29) is 25.0 Å². The normalized spacial score (nSPS) is 17.6. The van der Waals surface area contributed by atoms with Crippen LogP contribution in [0.15, 0.2) is 36.4 Å². The Bertz CT molecular complexity index is 978. The van der Waals surface area contributed by atoms with E-state index in [0.29, 0.717) is 90.5 Å². The number of hydrogen-bond donors (Lipinski definition) is 0. The first kappa shape index (κ1) is 33.6. The van der Waals surface area contributed by atoms with Gasteiger partial charge in [0.1, 0.15) is 11.5 Å². The number of ether oxygens (including phenoxy) is 6. The van der Waals surface area contributed by atoms with Crippen LogP contribution in [0.25, 0.3) is 0 Å². The first-order valence-corrected chi connectivity index (χ1v) is 14.6. The van der Waals surface area contributed by atoms with Gasteiger partial charge in [0.05, 0.1) is 65.9 Å². The molecule has 42 heavy (non-hydrogen) atoms. The highest BCUT2D eigenvalue weighted by Gasteiger charge is 2.17. The molecule has 1 aliphatic rings. The van der Waals surface area contributed by atoms with Gasteiger partial charge in [0, 0.05) is 26.2 Å². The summed E-state index contributed by atoms with van der Waals surface area (Å²) in [4.78, 5) is 29.4. The summed E-state index contributed by atoms with van der Waals surface area (Å²) in [5, 5.41) is 0. The van der Waals surface area contributed by atoms with Gasteiger partial charge in [-0.2, -0.15) is 0 Å². The van der Waals surface area contributed by atoms with Gasteiger partial charge in [-0.1, -0.05) is 36.4 Å². The third-order valence-corrected chi connectivity index (χ3v) is 6.91. The smallest absolute Gasteiger partial charge is 0.325 e. The Morgan fingerprint density at radius 1 is 0.548 bits per heavy atom. The van der Waals surface area contributed by atoms with E-state index in [1.54, 1.807) is 0 Å². The van der Waals surface area contributed by atoms with E-state index in [0.717, 1.165) is 22.3 Å². The van der Waals surface area contributed by atoms with Crippen LogP contribution in [0, 0.1) is 27.7 Å². The van der Waals surface area contributed by atoms with Crippen molar-refractivity contribution in [3.63, 3.8) is 0 Å². The first-order chi connectivity index (χ1) is 20.3. The van der Waals surface area contributed by atoms with Crippen molar-refractivity contribution in [1.29, 1.82) is 0 Å². The molecule has 0 spiro atoms. The molecule has 1 aliphatic heterocycles. The van der Waals surface area contributed by atoms with Crippen LogP contribution in [0.1, 0.15) is 22.3 Å². The molecule has 0 N–H and O–H groups in total. The van der Waals surface area contributed by atoms with Crippen molar-refractivity contribution in [2.75, 3.05) is 92.1 Å². The van der Waals surface area contributed by atoms with Gasteiger partial charge in [0.15, 0.2) is 0 Å². The van der Waals surface area contributed by atoms with Gasteiger partial charge in [-0.15, -0.1) is 0 Å². The number of nitrogens with zero attached hydrogens (tertiary/aromatic N) is 2. The average molecular weight is 587 g/mol. The van der Waals surface area contributed by atoms with Crippen molar-refractivity contribution < 1.29 is 38.0 Å². The molecule has 1 saturated heterocycles. The second-order valence-electron chi connectivity index (χ2n) is 10.4. The minimum Gasteiger partial charge on any atom is -0.425 e. The zero-order valence-electron chi connectivity index (χ0n) is 25.5. The third-order valence-electron chi connectivity index (χ3n) is 6.91. The van der Waals surface area contributed by atoms with Crippen LogP contribution >= 0.6 is 0 Å². The summed E-state index contributed by atoms with van der Waals surface area (Å²) >= 11 is 0. The summed E-state index contributed by atoms with van der Waals surface area (Å²) in [7, 11) is 0. The van der Waals surface area contributed by atoms with Crippen molar-refractivity contribution in [3.05, 3.63) is 58.7 Å². The van der Waals surface area contributed by atoms with Gasteiger partial charge >= 0.3 is 11.9 Å². The van der Waals surface area contributed by atoms with Crippen LogP contribution < -0.4 is 9.47 Å². The van der Waals surface area contributed by atoms with Gasteiger partial charge in [0.2, 0.25) is 0 Å². The van der Waals surface area contributed by atoms with Gasteiger partial charge in [-0.05, 0) is 49.9 Å². The van der Waals surface area contributed by atoms with E-state index in [1.807, 2.05) is 73.9 Å². The van der Waals surface area contributed by atoms with Crippen LogP contribution in [0.5, 0.6) is 11.5 Å². The van der Waals surface area contributed by atoms with Gasteiger partial charge in [-0.25, -0.2) is 0 Å². The Balaban J connectivity index is 1.45. The zero-order chi connectivity index (χ0) is 30.2. The maximum Gasteiger partial charge on any atom is 0.325 e. The molecule has 0 aromatic heterocycles. The fourth-order valence-corrected chi connectivity index (χ4v) is 4.54. The molecule has 0 radical (unpaired) electrons. The van der Waals surface area contributed by atoms with Crippen LogP contribution in [0.2, 0.25) is 0 Å². The van der Waals surface area contributed by atoms with Gasteiger partial charge < -0.3 is 28.4 Å². The van der Waals surface area contributed by atoms with E-state index >= 15 is 0 Å². The van der Waals surface area contributed by atoms with Crippen molar-refractivity contribution in [2.24, 2.45) is 0 Å². The lowest BCUT2D eigenvalue weighted by Crippen LogP contribution is -2.38. The van der Waals surface area contributed by atoms with Gasteiger partial charge in [-0.3, -0.25) is 19.4 Å². The third kappa shape index (κ3) is 12.2. The molecular weight excluding hydrogens is 540 g/mol. The van der Waals surface area contributed by atoms with Crippen LogP contribution in [-0.2, 0) is 28.5 Å². The molecule has 0 aliphatic carbocycles. The quantitative estimate of drug-likeness (QED) is 0.371. The first-order valence-electron chi connectivity index (χ1n) is 14.6. The standard InChI is InChI=1S/C32H46N2O8/c1-25-7-5-8-26(2)31(25)41-29(35)23-33-11-15-37-19-21-39-17-13-34(14-18-40-22-20-38-16-12-33)24-30(36)42-32-27(3)9-6-10-28(32)4/h5-10H,11-24H2,1-4H3. The minimum absolute atomic E-state index is 0.134. The second-order valence-corrected chi connectivity index (χ2v) is 10.4. The SMILES string of the molecule is Cc1cccc(C)c1OC(=O)CN1CCOCCOCCN(CC(=O)Oc2c(C)cccc2C)CCOCCOCC1. The molecule has 10 heteroatoms. The van der Waals surface area contributed by atoms with Crippen LogP contribution in [0.4, 0.5) is 0 Å². The predicted octanol–water partition coefficient (Wildman–Crippen LogP) is 3.12. The Morgan fingerprint density at radius 2 is 0.833 bits per heavy atom. The summed E-state index contributed by atoms with van der Waals surface area (Å²) in [6.45, 7) is 13.7. The van der Waals surface area contributed by atoms with E-state index < -0.39 is 0 Å². The summed E-state index contributed by atoms with van der Waals surface area (Å²) in [6.07, 6.45) is 0. The lowest BCUT2D eigenvalue weighted by Gasteiger charge is -2.23. The number of rotatable bonds is 6. The molecule has 0 saturated carbocycles. The maximum absolute atomic E-state index is 12.7. The Labute approximate surface area is 249 Å². The largest absolute Gasteiger partial charge is 0.425 e. The zero-order valence-corrected chi connectivity index (χ0v) is 25.5. The van der Waals surface area contributed by atoms with Crippen LogP contribution in [0.3, 0.4) is 0 Å². The number of carbonyl (C=O) groups is 2. The molecule has 2 aromatic rings. The molecule has 2 aromatic carbocycles. The molecule has 0 amide bonds. The molecule has 1 fully saturated rings. The molecular formula is C32H46N2O8. The van der Waals surface area contributed by atoms with Crippen LogP contribution in [-0.4, -0.2) is 114 Å². The monoisotopic (exact) mass is 586 g/mol. The Hall–Kier alpha value is -2.86. The van der Waals surface area contributed by atoms with E-state index in [2.05, 4.69) is 0 Å². The summed E-state index contributed by atoms with van der Waals surface area (Å²) < 4.78 is 34.4. The average Bonchev–Trinajstić information content (AvgIpc) is 2.94. The molecule has 10 nitrogen and oxygen atoms in total. The molecule has 0 bridgehead atoms. The summed E-state index contributed by atoms with van der Waals surface area (Å²) in [5.74, 6) is 0.595. The fraction of sp³-hybridized carbons (Fsp3) is 0.562. The van der Waals surface area contributed by atoms with Gasteiger partial charge in [0.25, 0.3) is 0 Å². The van der Waals surface area contributed by atoms with Crippen molar-refractivity contribution in [3.8, 4) is 11.5 Å². The lowest BCUT2D eigenvalue weighted by molar-refractivity contribution is -0.137. The molecule has 1 heterocycles.